The molecular formula is C22H34O4. The monoisotopic (exact) mass is 362 g/mol. The average Bonchev–Trinajstić information content (AvgIpc) is 2.86. The average molecular weight is 363 g/mol. The molecule has 4 nitrogen and oxygen atoms in total. The van der Waals surface area contributed by atoms with Crippen molar-refractivity contribution >= 4 is 0 Å². The van der Waals surface area contributed by atoms with Crippen LogP contribution in [0.15, 0.2) is 18.2 Å². The van der Waals surface area contributed by atoms with Gasteiger partial charge in [0.1, 0.15) is 5.75 Å². The van der Waals surface area contributed by atoms with Crippen LogP contribution in [0.2, 0.25) is 0 Å². The maximum atomic E-state index is 10.4. The van der Waals surface area contributed by atoms with Crippen molar-refractivity contribution in [3.05, 3.63) is 29.3 Å². The lowest BCUT2D eigenvalue weighted by atomic mass is 9.55. The largest absolute Gasteiger partial charge is 0.508 e. The lowest BCUT2D eigenvalue weighted by molar-refractivity contribution is -0.0505. The lowest BCUT2D eigenvalue weighted by Gasteiger charge is -2.49. The Morgan fingerprint density at radius 1 is 1.15 bits per heavy atom. The van der Waals surface area contributed by atoms with Crippen LogP contribution in [-0.2, 0) is 11.2 Å². The van der Waals surface area contributed by atoms with Gasteiger partial charge >= 0.3 is 0 Å². The van der Waals surface area contributed by atoms with Crippen molar-refractivity contribution in [3.8, 4) is 5.75 Å². The molecule has 6 atom stereocenters. The third kappa shape index (κ3) is 3.39. The Labute approximate surface area is 157 Å². The Balaban J connectivity index is 0.000000349. The first-order valence-corrected chi connectivity index (χ1v) is 10.2. The molecule has 26 heavy (non-hydrogen) atoms. The molecule has 3 N–H and O–H groups in total. The molecule has 0 radical (unpaired) electrons. The zero-order chi connectivity index (χ0) is 18.9. The molecule has 0 bridgehead atoms. The topological polar surface area (TPSA) is 69.9 Å². The van der Waals surface area contributed by atoms with Crippen LogP contribution in [-0.4, -0.2) is 40.7 Å². The zero-order valence-electron chi connectivity index (χ0n) is 16.3. The fourth-order valence-electron chi connectivity index (χ4n) is 5.76. The number of aromatic hydroxyl groups is 1. The van der Waals surface area contributed by atoms with Gasteiger partial charge in [-0.25, -0.2) is 0 Å². The fourth-order valence-corrected chi connectivity index (χ4v) is 5.76. The van der Waals surface area contributed by atoms with Gasteiger partial charge < -0.3 is 20.1 Å². The van der Waals surface area contributed by atoms with E-state index in [-0.39, 0.29) is 5.41 Å². The number of phenols is 1. The first-order chi connectivity index (χ1) is 12.4. The second kappa shape index (κ2) is 7.87. The molecule has 0 heterocycles. The van der Waals surface area contributed by atoms with Crippen LogP contribution in [0.4, 0.5) is 0 Å². The van der Waals surface area contributed by atoms with E-state index in [0.717, 1.165) is 45.3 Å². The number of aliphatic hydroxyl groups excluding tert-OH is 2. The van der Waals surface area contributed by atoms with E-state index >= 15 is 0 Å². The minimum absolute atomic E-state index is 0.116. The zero-order valence-corrected chi connectivity index (χ0v) is 16.3. The van der Waals surface area contributed by atoms with E-state index in [9.17, 15) is 15.3 Å². The Hall–Kier alpha value is -1.10. The summed E-state index contributed by atoms with van der Waals surface area (Å²) in [5.41, 5.74) is 2.57. The van der Waals surface area contributed by atoms with Crippen molar-refractivity contribution in [2.75, 3.05) is 13.2 Å². The summed E-state index contributed by atoms with van der Waals surface area (Å²) in [5, 5.41) is 30.2. The van der Waals surface area contributed by atoms with Gasteiger partial charge in [-0.2, -0.15) is 0 Å². The molecule has 146 valence electrons. The van der Waals surface area contributed by atoms with Gasteiger partial charge in [-0.15, -0.1) is 0 Å². The summed E-state index contributed by atoms with van der Waals surface area (Å²) in [4.78, 5) is 0. The minimum atomic E-state index is -0.565. The second-order valence-electron chi connectivity index (χ2n) is 8.37. The minimum Gasteiger partial charge on any atom is -0.508 e. The molecule has 1 aromatic carbocycles. The van der Waals surface area contributed by atoms with Crippen molar-refractivity contribution in [1.29, 1.82) is 0 Å². The molecule has 3 aliphatic rings. The summed E-state index contributed by atoms with van der Waals surface area (Å²) in [7, 11) is 0. The molecular weight excluding hydrogens is 328 g/mol. The SMILES string of the molecule is CCOCC.C[C@]12CC[C@@H]3c4ccc(O)cc4CC[C@H]3[C@@H]1C[C@@H](O)[C@@H]2O. The number of hydrogen-bond donors (Lipinski definition) is 3. The van der Waals surface area contributed by atoms with Crippen LogP contribution < -0.4 is 0 Å². The van der Waals surface area contributed by atoms with E-state index in [2.05, 4.69) is 13.0 Å². The van der Waals surface area contributed by atoms with Gasteiger partial charge in [-0.1, -0.05) is 13.0 Å². The Morgan fingerprint density at radius 3 is 2.54 bits per heavy atom. The fraction of sp³-hybridized carbons (Fsp3) is 0.727. The molecule has 0 saturated heterocycles. The highest BCUT2D eigenvalue weighted by Crippen LogP contribution is 2.60. The molecule has 4 rings (SSSR count). The standard InChI is InChI=1S/C18H24O3.C4H10O/c1-18-7-6-13-12-5-3-11(19)8-10(12)2-4-14(13)15(18)9-16(20)17(18)21;1-3-5-4-2/h3,5,8,13-17,19-21H,2,4,6-7,9H2,1H3;3-4H2,1-2H3/t13-,14-,15+,16-,17+,18+;/m1./s1. The lowest BCUT2D eigenvalue weighted by Crippen LogP contribution is -2.44. The number of rotatable bonds is 2. The van der Waals surface area contributed by atoms with Crippen molar-refractivity contribution < 1.29 is 20.1 Å². The summed E-state index contributed by atoms with van der Waals surface area (Å²) >= 11 is 0. The highest BCUT2D eigenvalue weighted by molar-refractivity contribution is 5.40. The quantitative estimate of drug-likeness (QED) is 0.751. The Morgan fingerprint density at radius 2 is 1.88 bits per heavy atom. The van der Waals surface area contributed by atoms with E-state index < -0.39 is 12.2 Å². The van der Waals surface area contributed by atoms with Crippen LogP contribution >= 0.6 is 0 Å². The predicted molar refractivity (Wildman–Crippen MR) is 102 cm³/mol. The molecule has 0 spiro atoms. The molecule has 0 aromatic heterocycles. The van der Waals surface area contributed by atoms with Crippen molar-refractivity contribution in [2.45, 2.75) is 71.0 Å². The molecule has 0 aliphatic heterocycles. The Kier molecular flexibility index (Phi) is 5.95. The molecule has 2 saturated carbocycles. The number of fused-ring (bicyclic) bond motifs is 5. The molecule has 2 fully saturated rings. The van der Waals surface area contributed by atoms with E-state index in [1.807, 2.05) is 19.9 Å². The van der Waals surface area contributed by atoms with E-state index in [1.165, 1.54) is 11.1 Å². The van der Waals surface area contributed by atoms with Crippen molar-refractivity contribution in [1.82, 2.24) is 0 Å². The molecule has 3 aliphatic carbocycles. The van der Waals surface area contributed by atoms with E-state index in [0.29, 0.717) is 23.5 Å². The second-order valence-corrected chi connectivity index (χ2v) is 8.37. The number of phenolic OH excluding ortho intramolecular Hbond substituents is 1. The van der Waals surface area contributed by atoms with E-state index in [4.69, 9.17) is 4.74 Å². The van der Waals surface area contributed by atoms with Gasteiger partial charge in [-0.3, -0.25) is 0 Å². The van der Waals surface area contributed by atoms with Crippen molar-refractivity contribution in [3.63, 3.8) is 0 Å². The van der Waals surface area contributed by atoms with Gasteiger partial charge in [0.15, 0.2) is 0 Å². The summed E-state index contributed by atoms with van der Waals surface area (Å²) in [6.45, 7) is 7.83. The number of hydrogen-bond acceptors (Lipinski definition) is 4. The van der Waals surface area contributed by atoms with Gasteiger partial charge in [0, 0.05) is 13.2 Å². The summed E-state index contributed by atoms with van der Waals surface area (Å²) in [6.07, 6.45) is 3.80. The van der Waals surface area contributed by atoms with E-state index in [1.54, 1.807) is 6.07 Å². The summed E-state index contributed by atoms with van der Waals surface area (Å²) in [5.74, 6) is 1.88. The number of aryl methyl sites for hydroxylation is 1. The molecule has 0 amide bonds. The third-order valence-electron chi connectivity index (χ3n) is 7.09. The van der Waals surface area contributed by atoms with Crippen molar-refractivity contribution in [2.24, 2.45) is 17.3 Å². The molecule has 4 heteroatoms. The van der Waals surface area contributed by atoms with Gasteiger partial charge in [0.25, 0.3) is 0 Å². The van der Waals surface area contributed by atoms with Gasteiger partial charge in [-0.05, 0) is 92.4 Å². The smallest absolute Gasteiger partial charge is 0.115 e. The van der Waals surface area contributed by atoms with Gasteiger partial charge in [0.05, 0.1) is 12.2 Å². The van der Waals surface area contributed by atoms with Crippen LogP contribution in [0, 0.1) is 17.3 Å². The van der Waals surface area contributed by atoms with Crippen LogP contribution in [0.25, 0.3) is 0 Å². The number of benzene rings is 1. The number of aliphatic hydroxyl groups is 2. The molecule has 1 aromatic rings. The maximum Gasteiger partial charge on any atom is 0.115 e. The van der Waals surface area contributed by atoms with Crippen LogP contribution in [0.3, 0.4) is 0 Å². The summed E-state index contributed by atoms with van der Waals surface area (Å²) in [6, 6.07) is 5.80. The van der Waals surface area contributed by atoms with Crippen LogP contribution in [0.1, 0.15) is 63.5 Å². The molecule has 0 unspecified atom stereocenters. The van der Waals surface area contributed by atoms with Gasteiger partial charge in [0.2, 0.25) is 0 Å². The number of ether oxygens (including phenoxy) is 1. The maximum absolute atomic E-state index is 10.4. The highest BCUT2D eigenvalue weighted by atomic mass is 16.5. The Bertz CT molecular complexity index is 614. The third-order valence-corrected chi connectivity index (χ3v) is 7.09. The first-order valence-electron chi connectivity index (χ1n) is 10.2. The summed E-state index contributed by atoms with van der Waals surface area (Å²) < 4.78 is 4.83. The first kappa shape index (κ1) is 19.7. The highest BCUT2D eigenvalue weighted by Gasteiger charge is 2.57. The normalized spacial score (nSPS) is 37.8. The van der Waals surface area contributed by atoms with Crippen LogP contribution in [0.5, 0.6) is 5.75 Å². The predicted octanol–water partition coefficient (Wildman–Crippen LogP) is 3.62.